The zero-order chi connectivity index (χ0) is 20.6. The van der Waals surface area contributed by atoms with E-state index in [0.29, 0.717) is 17.2 Å². The highest BCUT2D eigenvalue weighted by Gasteiger charge is 2.33. The molecule has 3 aromatic rings. The fourth-order valence-corrected chi connectivity index (χ4v) is 3.49. The second-order valence-electron chi connectivity index (χ2n) is 6.16. The fourth-order valence-electron chi connectivity index (χ4n) is 2.24. The van der Waals surface area contributed by atoms with Crippen LogP contribution in [0.1, 0.15) is 16.7 Å². The van der Waals surface area contributed by atoms with Gasteiger partial charge >= 0.3 is 7.82 Å². The van der Waals surface area contributed by atoms with Gasteiger partial charge in [-0.05, 0) is 57.2 Å². The summed E-state index contributed by atoms with van der Waals surface area (Å²) in [5.74, 6) is 1.24. The first-order chi connectivity index (χ1) is 13.4. The van der Waals surface area contributed by atoms with Gasteiger partial charge in [0.1, 0.15) is 17.2 Å². The summed E-state index contributed by atoms with van der Waals surface area (Å²) in [6.07, 6.45) is 0. The minimum atomic E-state index is -3.93. The van der Waals surface area contributed by atoms with Crippen molar-refractivity contribution in [2.24, 2.45) is 0 Å². The molecule has 0 bridgehead atoms. The van der Waals surface area contributed by atoms with Gasteiger partial charge in [0.25, 0.3) is 0 Å². The van der Waals surface area contributed by atoms with Crippen LogP contribution in [0, 0.1) is 20.8 Å². The normalized spacial score (nSPS) is 10.5. The Bertz CT molecular complexity index is 781. The van der Waals surface area contributed by atoms with Crippen LogP contribution in [0.4, 0.5) is 0 Å². The molecule has 0 aliphatic rings. The van der Waals surface area contributed by atoms with E-state index in [1.807, 2.05) is 57.2 Å². The van der Waals surface area contributed by atoms with Crippen molar-refractivity contribution in [3.05, 3.63) is 89.5 Å². The fraction of sp³-hybridized carbons (Fsp3) is 0.182. The lowest BCUT2D eigenvalue weighted by Gasteiger charge is -2.19. The summed E-state index contributed by atoms with van der Waals surface area (Å²) in [5, 5.41) is 7.00. The molecule has 3 aromatic carbocycles. The highest BCUT2D eigenvalue weighted by atomic mass is 31.2. The molecule has 28 heavy (non-hydrogen) atoms. The summed E-state index contributed by atoms with van der Waals surface area (Å²) in [7, 11) is -2.93. The van der Waals surface area contributed by atoms with Crippen LogP contribution in [-0.4, -0.2) is 12.2 Å². The molecule has 0 radical (unpaired) electrons. The van der Waals surface area contributed by atoms with Crippen LogP contribution in [0.2, 0.25) is 0 Å². The average Bonchev–Trinajstić information content (AvgIpc) is 2.69. The molecular formula is C22H25O5P. The summed E-state index contributed by atoms with van der Waals surface area (Å²) in [5.41, 5.74) is 3.23. The van der Waals surface area contributed by atoms with E-state index in [0.717, 1.165) is 23.8 Å². The predicted molar refractivity (Wildman–Crippen MR) is 111 cm³/mol. The van der Waals surface area contributed by atoms with Gasteiger partial charge in [0.15, 0.2) is 0 Å². The molecule has 0 aliphatic heterocycles. The summed E-state index contributed by atoms with van der Waals surface area (Å²) in [6.45, 7) is 5.90. The van der Waals surface area contributed by atoms with Crippen LogP contribution < -0.4 is 13.6 Å². The van der Waals surface area contributed by atoms with Crippen LogP contribution in [0.25, 0.3) is 0 Å². The Morgan fingerprint density at radius 2 is 0.750 bits per heavy atom. The first-order valence-electron chi connectivity index (χ1n) is 8.75. The van der Waals surface area contributed by atoms with Crippen LogP contribution in [0.15, 0.2) is 72.8 Å². The minimum Gasteiger partial charge on any atom is -0.400 e. The van der Waals surface area contributed by atoms with Crippen molar-refractivity contribution in [1.29, 1.82) is 0 Å². The molecule has 0 heterocycles. The van der Waals surface area contributed by atoms with Gasteiger partial charge in [0, 0.05) is 7.11 Å². The zero-order valence-electron chi connectivity index (χ0n) is 16.5. The van der Waals surface area contributed by atoms with E-state index in [4.69, 9.17) is 18.7 Å². The van der Waals surface area contributed by atoms with Crippen LogP contribution >= 0.6 is 7.82 Å². The van der Waals surface area contributed by atoms with E-state index in [1.165, 1.54) is 0 Å². The number of phosphoric acid groups is 1. The van der Waals surface area contributed by atoms with Crippen molar-refractivity contribution in [3.63, 3.8) is 0 Å². The molecule has 1 N–H and O–H groups in total. The molecule has 0 saturated carbocycles. The Morgan fingerprint density at radius 3 is 0.964 bits per heavy atom. The monoisotopic (exact) mass is 400 g/mol. The van der Waals surface area contributed by atoms with Crippen molar-refractivity contribution in [2.75, 3.05) is 7.11 Å². The second kappa shape index (κ2) is 9.98. The number of hydrogen-bond acceptors (Lipinski definition) is 5. The van der Waals surface area contributed by atoms with E-state index in [9.17, 15) is 4.57 Å². The van der Waals surface area contributed by atoms with Crippen molar-refractivity contribution in [1.82, 2.24) is 0 Å². The van der Waals surface area contributed by atoms with E-state index >= 15 is 0 Å². The van der Waals surface area contributed by atoms with Gasteiger partial charge in [0.2, 0.25) is 0 Å². The Labute approximate surface area is 166 Å². The maximum absolute atomic E-state index is 13.3. The number of benzene rings is 3. The second-order valence-corrected chi connectivity index (χ2v) is 7.60. The quantitative estimate of drug-likeness (QED) is 0.525. The van der Waals surface area contributed by atoms with Gasteiger partial charge in [-0.25, -0.2) is 0 Å². The Kier molecular flexibility index (Phi) is 7.68. The van der Waals surface area contributed by atoms with Crippen molar-refractivity contribution in [3.8, 4) is 17.2 Å². The van der Waals surface area contributed by atoms with Crippen molar-refractivity contribution >= 4 is 7.82 Å². The molecule has 0 unspecified atom stereocenters. The van der Waals surface area contributed by atoms with E-state index < -0.39 is 7.82 Å². The number of aliphatic hydroxyl groups excluding tert-OH is 1. The van der Waals surface area contributed by atoms with Gasteiger partial charge in [-0.2, -0.15) is 4.57 Å². The third-order valence-electron chi connectivity index (χ3n) is 3.71. The van der Waals surface area contributed by atoms with Crippen molar-refractivity contribution in [2.45, 2.75) is 20.8 Å². The average molecular weight is 400 g/mol. The number of aryl methyl sites for hydroxylation is 3. The van der Waals surface area contributed by atoms with E-state index in [1.54, 1.807) is 36.4 Å². The highest BCUT2D eigenvalue weighted by Crippen LogP contribution is 2.49. The third kappa shape index (κ3) is 6.45. The maximum Gasteiger partial charge on any atom is 0.647 e. The van der Waals surface area contributed by atoms with Crippen LogP contribution in [-0.2, 0) is 4.57 Å². The Morgan fingerprint density at radius 1 is 0.536 bits per heavy atom. The molecule has 0 amide bonds. The number of aliphatic hydroxyl groups is 1. The largest absolute Gasteiger partial charge is 0.647 e. The van der Waals surface area contributed by atoms with E-state index in [2.05, 4.69) is 0 Å². The molecule has 0 aliphatic carbocycles. The Balaban J connectivity index is 0.00000136. The minimum absolute atomic E-state index is 0.415. The molecule has 0 spiro atoms. The van der Waals surface area contributed by atoms with Gasteiger partial charge in [-0.1, -0.05) is 53.1 Å². The number of rotatable bonds is 6. The molecule has 0 fully saturated rings. The summed E-state index contributed by atoms with van der Waals surface area (Å²) in [4.78, 5) is 0. The molecule has 0 saturated heterocycles. The van der Waals surface area contributed by atoms with Gasteiger partial charge in [-0.15, -0.1) is 0 Å². The number of hydrogen-bond donors (Lipinski definition) is 1. The molecule has 148 valence electrons. The van der Waals surface area contributed by atoms with Crippen LogP contribution in [0.5, 0.6) is 17.2 Å². The summed E-state index contributed by atoms with van der Waals surface area (Å²) in [6, 6.07) is 21.6. The molecule has 6 heteroatoms. The molecular weight excluding hydrogens is 375 g/mol. The molecule has 5 nitrogen and oxygen atoms in total. The first kappa shape index (κ1) is 21.5. The molecule has 0 aromatic heterocycles. The summed E-state index contributed by atoms with van der Waals surface area (Å²) < 4.78 is 30.2. The lowest BCUT2D eigenvalue weighted by atomic mass is 10.2. The SMILES string of the molecule is CO.Cc1ccc(OP(=O)(Oc2ccc(C)cc2)Oc2ccc(C)cc2)cc1. The lowest BCUT2D eigenvalue weighted by Crippen LogP contribution is -2.07. The Hall–Kier alpha value is -2.75. The van der Waals surface area contributed by atoms with Gasteiger partial charge in [-0.3, -0.25) is 0 Å². The summed E-state index contributed by atoms with van der Waals surface area (Å²) >= 11 is 0. The standard InChI is InChI=1S/C21H21O4P.CH4O/c1-16-4-10-19(11-5-16)23-26(22,24-20-12-6-17(2)7-13-20)25-21-14-8-18(3)9-15-21;1-2/h4-15H,1-3H3;2H,1H3. The van der Waals surface area contributed by atoms with Crippen molar-refractivity contribution < 1.29 is 23.2 Å². The van der Waals surface area contributed by atoms with Gasteiger partial charge in [0.05, 0.1) is 0 Å². The lowest BCUT2D eigenvalue weighted by molar-refractivity contribution is 0.298. The number of phosphoric ester groups is 1. The zero-order valence-corrected chi connectivity index (χ0v) is 17.4. The van der Waals surface area contributed by atoms with Crippen LogP contribution in [0.3, 0.4) is 0 Å². The smallest absolute Gasteiger partial charge is 0.400 e. The molecule has 3 rings (SSSR count). The van der Waals surface area contributed by atoms with E-state index in [-0.39, 0.29) is 0 Å². The maximum atomic E-state index is 13.3. The third-order valence-corrected chi connectivity index (χ3v) is 5.02. The highest BCUT2D eigenvalue weighted by molar-refractivity contribution is 7.49. The molecule has 0 atom stereocenters. The topological polar surface area (TPSA) is 65.0 Å². The van der Waals surface area contributed by atoms with Gasteiger partial charge < -0.3 is 18.7 Å². The predicted octanol–water partition coefficient (Wildman–Crippen LogP) is 5.87. The first-order valence-corrected chi connectivity index (χ1v) is 10.2.